The highest BCUT2D eigenvalue weighted by molar-refractivity contribution is 5.04. The molecule has 1 aliphatic heterocycles. The molecule has 0 N–H and O–H groups in total. The zero-order chi connectivity index (χ0) is 7.52. The lowest BCUT2D eigenvalue weighted by molar-refractivity contribution is 0.0838. The van der Waals surface area contributed by atoms with Crippen molar-refractivity contribution >= 4 is 0 Å². The molecule has 11 heavy (non-hydrogen) atoms. The Balaban J connectivity index is 2.04. The number of nitrogens with zero attached hydrogens (tertiary/aromatic N) is 1. The number of rotatable bonds is 1. The largest absolute Gasteiger partial charge is 0.381 e. The number of ether oxygens (including phenoxy) is 1. The van der Waals surface area contributed by atoms with Crippen LogP contribution in [0.1, 0.15) is 24.5 Å². The third-order valence-corrected chi connectivity index (χ3v) is 2.10. The molecule has 60 valence electrons. The smallest absolute Gasteiger partial charge is 0.124 e. The van der Waals surface area contributed by atoms with Gasteiger partial charge in [-0.05, 0) is 12.8 Å². The fourth-order valence-electron chi connectivity index (χ4n) is 1.43. The molecule has 0 unspecified atom stereocenters. The Morgan fingerprint density at radius 2 is 2.18 bits per heavy atom. The van der Waals surface area contributed by atoms with Gasteiger partial charge < -0.3 is 9.26 Å². The van der Waals surface area contributed by atoms with Crippen molar-refractivity contribution in [3.8, 4) is 0 Å². The van der Waals surface area contributed by atoms with Gasteiger partial charge >= 0.3 is 0 Å². The Morgan fingerprint density at radius 3 is 2.82 bits per heavy atom. The van der Waals surface area contributed by atoms with Crippen molar-refractivity contribution in [1.29, 1.82) is 0 Å². The maximum absolute atomic E-state index is 5.24. The molecule has 0 amide bonds. The van der Waals surface area contributed by atoms with Gasteiger partial charge in [0.2, 0.25) is 0 Å². The second-order valence-corrected chi connectivity index (χ2v) is 2.81. The summed E-state index contributed by atoms with van der Waals surface area (Å²) < 4.78 is 10.0. The number of hydrogen-bond donors (Lipinski definition) is 0. The zero-order valence-electron chi connectivity index (χ0n) is 6.32. The molecule has 0 radical (unpaired) electrons. The molecule has 1 aliphatic rings. The zero-order valence-corrected chi connectivity index (χ0v) is 6.32. The fraction of sp³-hybridized carbons (Fsp3) is 0.625. The Labute approximate surface area is 65.3 Å². The lowest BCUT2D eigenvalue weighted by atomic mass is 9.97. The summed E-state index contributed by atoms with van der Waals surface area (Å²) in [6.45, 7) is 1.72. The fourth-order valence-corrected chi connectivity index (χ4v) is 1.43. The van der Waals surface area contributed by atoms with Crippen LogP contribution >= 0.6 is 0 Å². The highest BCUT2D eigenvalue weighted by Crippen LogP contribution is 2.24. The summed E-state index contributed by atoms with van der Waals surface area (Å²) in [5.74, 6) is 0.558. The van der Waals surface area contributed by atoms with E-state index in [9.17, 15) is 0 Å². The van der Waals surface area contributed by atoms with Crippen LogP contribution in [0.3, 0.4) is 0 Å². The number of aromatic nitrogens is 1. The number of hydrogen-bond acceptors (Lipinski definition) is 3. The summed E-state index contributed by atoms with van der Waals surface area (Å²) >= 11 is 0. The molecular formula is C8H11NO2. The van der Waals surface area contributed by atoms with E-state index in [0.29, 0.717) is 5.92 Å². The Bertz CT molecular complexity index is 202. The molecule has 1 fully saturated rings. The van der Waals surface area contributed by atoms with Crippen LogP contribution in [-0.2, 0) is 4.74 Å². The van der Waals surface area contributed by atoms with Gasteiger partial charge in [-0.25, -0.2) is 0 Å². The van der Waals surface area contributed by atoms with Gasteiger partial charge in [-0.2, -0.15) is 0 Å². The van der Waals surface area contributed by atoms with E-state index in [-0.39, 0.29) is 0 Å². The van der Waals surface area contributed by atoms with E-state index >= 15 is 0 Å². The summed E-state index contributed by atoms with van der Waals surface area (Å²) in [5, 5.41) is 3.91. The van der Waals surface area contributed by atoms with Crippen LogP contribution in [-0.4, -0.2) is 18.4 Å². The molecule has 0 aliphatic carbocycles. The van der Waals surface area contributed by atoms with Crippen molar-refractivity contribution < 1.29 is 9.26 Å². The molecule has 2 heterocycles. The van der Waals surface area contributed by atoms with Crippen molar-refractivity contribution in [2.45, 2.75) is 18.8 Å². The van der Waals surface area contributed by atoms with E-state index in [0.717, 1.165) is 31.7 Å². The molecule has 0 aromatic carbocycles. The minimum Gasteiger partial charge on any atom is -0.381 e. The van der Waals surface area contributed by atoms with Crippen LogP contribution in [0.5, 0.6) is 0 Å². The van der Waals surface area contributed by atoms with E-state index in [1.54, 1.807) is 6.26 Å². The molecule has 3 heteroatoms. The molecule has 0 atom stereocenters. The van der Waals surface area contributed by atoms with Gasteiger partial charge in [0, 0.05) is 25.2 Å². The van der Waals surface area contributed by atoms with Gasteiger partial charge in [0.1, 0.15) is 6.26 Å². The van der Waals surface area contributed by atoms with E-state index in [4.69, 9.17) is 9.26 Å². The Hall–Kier alpha value is -0.830. The molecule has 0 spiro atoms. The van der Waals surface area contributed by atoms with Crippen molar-refractivity contribution in [1.82, 2.24) is 5.16 Å². The predicted octanol–water partition coefficient (Wildman–Crippen LogP) is 1.57. The standard InChI is InChI=1S/C8H11NO2/c1-4-10-5-2-7(1)8-3-6-11-9-8/h3,6-7H,1-2,4-5H2. The van der Waals surface area contributed by atoms with Crippen molar-refractivity contribution in [3.63, 3.8) is 0 Å². The second-order valence-electron chi connectivity index (χ2n) is 2.81. The summed E-state index contributed by atoms with van der Waals surface area (Å²) in [7, 11) is 0. The van der Waals surface area contributed by atoms with Crippen LogP contribution in [0, 0.1) is 0 Å². The first-order valence-corrected chi connectivity index (χ1v) is 3.95. The predicted molar refractivity (Wildman–Crippen MR) is 39.3 cm³/mol. The van der Waals surface area contributed by atoms with Crippen LogP contribution in [0.2, 0.25) is 0 Å². The van der Waals surface area contributed by atoms with Crippen molar-refractivity contribution in [3.05, 3.63) is 18.0 Å². The van der Waals surface area contributed by atoms with Gasteiger partial charge in [0.25, 0.3) is 0 Å². The summed E-state index contributed by atoms with van der Waals surface area (Å²) in [6, 6.07) is 1.94. The lowest BCUT2D eigenvalue weighted by Gasteiger charge is -2.19. The summed E-state index contributed by atoms with van der Waals surface area (Å²) in [5.41, 5.74) is 1.08. The average molecular weight is 153 g/mol. The van der Waals surface area contributed by atoms with Crippen LogP contribution in [0.4, 0.5) is 0 Å². The van der Waals surface area contributed by atoms with Crippen LogP contribution < -0.4 is 0 Å². The molecule has 0 bridgehead atoms. The molecule has 2 rings (SSSR count). The van der Waals surface area contributed by atoms with E-state index < -0.39 is 0 Å². The van der Waals surface area contributed by atoms with Crippen molar-refractivity contribution in [2.24, 2.45) is 0 Å². The van der Waals surface area contributed by atoms with Gasteiger partial charge in [-0.3, -0.25) is 0 Å². The molecule has 0 saturated carbocycles. The quantitative estimate of drug-likeness (QED) is 0.614. The normalized spacial score (nSPS) is 20.4. The Morgan fingerprint density at radius 1 is 1.36 bits per heavy atom. The first-order valence-electron chi connectivity index (χ1n) is 3.95. The van der Waals surface area contributed by atoms with Gasteiger partial charge in [-0.15, -0.1) is 0 Å². The monoisotopic (exact) mass is 153 g/mol. The maximum atomic E-state index is 5.24. The summed E-state index contributed by atoms with van der Waals surface area (Å²) in [4.78, 5) is 0. The molecular weight excluding hydrogens is 142 g/mol. The van der Waals surface area contributed by atoms with Gasteiger partial charge in [-0.1, -0.05) is 5.16 Å². The Kier molecular flexibility index (Phi) is 1.90. The van der Waals surface area contributed by atoms with E-state index in [2.05, 4.69) is 5.16 Å². The average Bonchev–Trinajstić information content (AvgIpc) is 2.58. The minimum atomic E-state index is 0.558. The third-order valence-electron chi connectivity index (χ3n) is 2.10. The summed E-state index contributed by atoms with van der Waals surface area (Å²) in [6.07, 6.45) is 3.78. The molecule has 1 aromatic rings. The SMILES string of the molecule is c1cc(C2CCOCC2)no1. The van der Waals surface area contributed by atoms with Crippen LogP contribution in [0.25, 0.3) is 0 Å². The highest BCUT2D eigenvalue weighted by atomic mass is 16.5. The van der Waals surface area contributed by atoms with E-state index in [1.807, 2.05) is 6.07 Å². The maximum Gasteiger partial charge on any atom is 0.124 e. The molecule has 1 saturated heterocycles. The van der Waals surface area contributed by atoms with Gasteiger partial charge in [0.05, 0.1) is 5.69 Å². The van der Waals surface area contributed by atoms with Crippen molar-refractivity contribution in [2.75, 3.05) is 13.2 Å². The lowest BCUT2D eigenvalue weighted by Crippen LogP contribution is -2.14. The third kappa shape index (κ3) is 1.43. The molecule has 3 nitrogen and oxygen atoms in total. The highest BCUT2D eigenvalue weighted by Gasteiger charge is 2.17. The minimum absolute atomic E-state index is 0.558. The molecule has 1 aromatic heterocycles. The topological polar surface area (TPSA) is 35.3 Å². The second kappa shape index (κ2) is 3.05. The first-order chi connectivity index (χ1) is 5.47. The van der Waals surface area contributed by atoms with Crippen LogP contribution in [0.15, 0.2) is 16.9 Å². The van der Waals surface area contributed by atoms with Gasteiger partial charge in [0.15, 0.2) is 0 Å². The van der Waals surface area contributed by atoms with E-state index in [1.165, 1.54) is 0 Å². The first kappa shape index (κ1) is 6.85.